The zero-order chi connectivity index (χ0) is 20.7. The Morgan fingerprint density at radius 1 is 1.00 bits per heavy atom. The summed E-state index contributed by atoms with van der Waals surface area (Å²) in [7, 11) is 0.962. The smallest absolute Gasteiger partial charge is 0.366 e. The molecule has 2 rings (SSSR count). The van der Waals surface area contributed by atoms with Gasteiger partial charge < -0.3 is 9.47 Å². The summed E-state index contributed by atoms with van der Waals surface area (Å²) < 4.78 is 88.8. The van der Waals surface area contributed by atoms with Gasteiger partial charge in [-0.3, -0.25) is 4.79 Å². The molecular weight excluding hydrogens is 382 g/mol. The molecule has 0 radical (unpaired) electrons. The van der Waals surface area contributed by atoms with Gasteiger partial charge in [0.1, 0.15) is 6.61 Å². The lowest BCUT2D eigenvalue weighted by Crippen LogP contribution is -2.14. The number of esters is 2. The van der Waals surface area contributed by atoms with Crippen LogP contribution in [0.3, 0.4) is 0 Å². The summed E-state index contributed by atoms with van der Waals surface area (Å²) in [5.41, 5.74) is -2.15. The van der Waals surface area contributed by atoms with E-state index in [1.165, 1.54) is 0 Å². The van der Waals surface area contributed by atoms with E-state index in [-0.39, 0.29) is 0 Å². The summed E-state index contributed by atoms with van der Waals surface area (Å²) in [4.78, 5) is 23.2. The number of carbonyl (C=O) groups is 2. The maximum atomic E-state index is 13.6. The highest BCUT2D eigenvalue weighted by Crippen LogP contribution is 2.60. The van der Waals surface area contributed by atoms with Gasteiger partial charge in [0.25, 0.3) is 0 Å². The van der Waals surface area contributed by atoms with E-state index in [0.717, 1.165) is 13.2 Å². The third-order valence-corrected chi connectivity index (χ3v) is 4.53. The minimum atomic E-state index is -2.33. The van der Waals surface area contributed by atoms with Crippen molar-refractivity contribution in [2.75, 3.05) is 7.11 Å². The zero-order valence-corrected chi connectivity index (χ0v) is 14.3. The van der Waals surface area contributed by atoms with Gasteiger partial charge in [-0.2, -0.15) is 4.39 Å². The van der Waals surface area contributed by atoms with E-state index < -0.39 is 76.3 Å². The summed E-state index contributed by atoms with van der Waals surface area (Å²) in [5.74, 6) is -16.1. The third kappa shape index (κ3) is 3.65. The predicted octanol–water partition coefficient (Wildman–Crippen LogP) is 3.72. The Bertz CT molecular complexity index is 804. The highest BCUT2D eigenvalue weighted by Gasteiger charge is 2.62. The summed E-state index contributed by atoms with van der Waals surface area (Å²) in [6, 6.07) is 0. The molecule has 1 aliphatic rings. The van der Waals surface area contributed by atoms with E-state index in [1.54, 1.807) is 13.8 Å². The maximum absolute atomic E-state index is 13.6. The monoisotopic (exact) mass is 396 g/mol. The van der Waals surface area contributed by atoms with Crippen LogP contribution in [0.5, 0.6) is 0 Å². The van der Waals surface area contributed by atoms with Crippen LogP contribution in [0.25, 0.3) is 0 Å². The molecular formula is C17H14F6O4. The second-order valence-electron chi connectivity index (χ2n) is 6.49. The van der Waals surface area contributed by atoms with E-state index in [9.17, 15) is 35.9 Å². The van der Waals surface area contributed by atoms with Gasteiger partial charge in [0.2, 0.25) is 11.6 Å². The second-order valence-corrected chi connectivity index (χ2v) is 6.49. The van der Waals surface area contributed by atoms with Crippen molar-refractivity contribution in [3.8, 4) is 0 Å². The second kappa shape index (κ2) is 7.24. The van der Waals surface area contributed by atoms with Crippen molar-refractivity contribution in [3.05, 3.63) is 46.6 Å². The number of hydrogen-bond donors (Lipinski definition) is 0. The topological polar surface area (TPSA) is 52.6 Å². The molecule has 1 aromatic rings. The first-order valence-electron chi connectivity index (χ1n) is 7.57. The Labute approximate surface area is 149 Å². The molecule has 1 aliphatic carbocycles. The average molecular weight is 396 g/mol. The highest BCUT2D eigenvalue weighted by molar-refractivity contribution is 5.86. The molecule has 0 aromatic heterocycles. The van der Waals surface area contributed by atoms with Crippen molar-refractivity contribution in [1.29, 1.82) is 0 Å². The van der Waals surface area contributed by atoms with Crippen molar-refractivity contribution in [3.63, 3.8) is 0 Å². The van der Waals surface area contributed by atoms with Crippen molar-refractivity contribution in [1.82, 2.24) is 0 Å². The van der Waals surface area contributed by atoms with Crippen molar-refractivity contribution in [2.45, 2.75) is 20.5 Å². The van der Waals surface area contributed by atoms with Crippen LogP contribution < -0.4 is 0 Å². The molecule has 1 fully saturated rings. The van der Waals surface area contributed by atoms with Gasteiger partial charge in [0.15, 0.2) is 23.3 Å². The first-order valence-corrected chi connectivity index (χ1v) is 7.57. The number of methoxy groups -OCH3 is 1. The van der Waals surface area contributed by atoms with E-state index >= 15 is 0 Å². The van der Waals surface area contributed by atoms with Crippen LogP contribution in [0.15, 0.2) is 11.9 Å². The van der Waals surface area contributed by atoms with Gasteiger partial charge in [-0.25, -0.2) is 26.7 Å². The van der Waals surface area contributed by atoms with Gasteiger partial charge in [0.05, 0.1) is 18.6 Å². The molecule has 0 bridgehead atoms. The molecule has 2 atom stereocenters. The Morgan fingerprint density at radius 2 is 1.48 bits per heavy atom. The standard InChI is InChI=1S/C17H14F6O4/c1-17(2)7(4-8(18)15(24)26-3)9(17)16(25)27-5-6-10(19)12(21)14(23)13(22)11(6)20/h4,7,9H,5H2,1-3H3/b8-4+. The molecule has 0 amide bonds. The van der Waals surface area contributed by atoms with Gasteiger partial charge in [-0.05, 0) is 17.4 Å². The van der Waals surface area contributed by atoms with Gasteiger partial charge in [-0.1, -0.05) is 13.8 Å². The van der Waals surface area contributed by atoms with Crippen LogP contribution in [0.1, 0.15) is 19.4 Å². The van der Waals surface area contributed by atoms with Crippen LogP contribution >= 0.6 is 0 Å². The molecule has 2 unspecified atom stereocenters. The first-order chi connectivity index (χ1) is 12.4. The number of hydrogen-bond acceptors (Lipinski definition) is 4. The molecule has 0 aliphatic heterocycles. The Morgan fingerprint density at radius 3 is 1.96 bits per heavy atom. The fraction of sp³-hybridized carbons (Fsp3) is 0.412. The molecule has 148 valence electrons. The van der Waals surface area contributed by atoms with E-state index in [1.807, 2.05) is 0 Å². The average Bonchev–Trinajstić information content (AvgIpc) is 3.17. The zero-order valence-electron chi connectivity index (χ0n) is 14.3. The van der Waals surface area contributed by atoms with Crippen LogP contribution in [0.2, 0.25) is 0 Å². The van der Waals surface area contributed by atoms with Gasteiger partial charge in [0, 0.05) is 0 Å². The number of rotatable bonds is 5. The Balaban J connectivity index is 2.15. The largest absolute Gasteiger partial charge is 0.464 e. The van der Waals surface area contributed by atoms with Crippen LogP contribution in [0, 0.1) is 46.3 Å². The van der Waals surface area contributed by atoms with Crippen molar-refractivity contribution >= 4 is 11.9 Å². The summed E-state index contributed by atoms with van der Waals surface area (Å²) >= 11 is 0. The number of allylic oxidation sites excluding steroid dienone is 1. The number of benzene rings is 1. The molecule has 0 heterocycles. The lowest BCUT2D eigenvalue weighted by atomic mass is 10.1. The number of carbonyl (C=O) groups excluding carboxylic acids is 2. The van der Waals surface area contributed by atoms with Crippen molar-refractivity contribution < 1.29 is 45.4 Å². The molecule has 1 saturated carbocycles. The normalized spacial score (nSPS) is 21.0. The SMILES string of the molecule is COC(=O)/C(F)=C\C1C(C(=O)OCc2c(F)c(F)c(F)c(F)c2F)C1(C)C. The minimum absolute atomic E-state index is 0.777. The number of ether oxygens (including phenoxy) is 2. The van der Waals surface area contributed by atoms with E-state index in [0.29, 0.717) is 0 Å². The summed E-state index contributed by atoms with van der Waals surface area (Å²) in [5, 5.41) is 0. The van der Waals surface area contributed by atoms with E-state index in [2.05, 4.69) is 9.47 Å². The van der Waals surface area contributed by atoms with Crippen LogP contribution in [-0.4, -0.2) is 19.0 Å². The Kier molecular flexibility index (Phi) is 5.58. The van der Waals surface area contributed by atoms with Crippen molar-refractivity contribution in [2.24, 2.45) is 17.3 Å². The number of halogens is 6. The molecule has 0 N–H and O–H groups in total. The molecule has 4 nitrogen and oxygen atoms in total. The maximum Gasteiger partial charge on any atom is 0.366 e. The van der Waals surface area contributed by atoms with Crippen LogP contribution in [-0.2, 0) is 25.7 Å². The highest BCUT2D eigenvalue weighted by atomic mass is 19.2. The molecule has 0 spiro atoms. The molecule has 0 saturated heterocycles. The summed E-state index contributed by atoms with van der Waals surface area (Å²) in [6.45, 7) is 1.89. The fourth-order valence-corrected chi connectivity index (χ4v) is 2.77. The third-order valence-electron chi connectivity index (χ3n) is 4.53. The summed E-state index contributed by atoms with van der Waals surface area (Å²) in [6.07, 6.45) is 0.857. The molecule has 1 aromatic carbocycles. The van der Waals surface area contributed by atoms with Gasteiger partial charge >= 0.3 is 11.9 Å². The molecule has 10 heteroatoms. The predicted molar refractivity (Wildman–Crippen MR) is 78.0 cm³/mol. The van der Waals surface area contributed by atoms with Gasteiger partial charge in [-0.15, -0.1) is 0 Å². The lowest BCUT2D eigenvalue weighted by Gasteiger charge is -2.09. The lowest BCUT2D eigenvalue weighted by molar-refractivity contribution is -0.147. The van der Waals surface area contributed by atoms with Crippen LogP contribution in [0.4, 0.5) is 26.3 Å². The quantitative estimate of drug-likeness (QED) is 0.250. The molecule has 27 heavy (non-hydrogen) atoms. The first kappa shape index (κ1) is 20.8. The minimum Gasteiger partial charge on any atom is -0.464 e. The van der Waals surface area contributed by atoms with E-state index in [4.69, 9.17) is 0 Å². The Hall–Kier alpha value is -2.52. The fourth-order valence-electron chi connectivity index (χ4n) is 2.77.